The van der Waals surface area contributed by atoms with Gasteiger partial charge in [0.25, 0.3) is 0 Å². The summed E-state index contributed by atoms with van der Waals surface area (Å²) in [6.45, 7) is -0.379. The Labute approximate surface area is 192 Å². The van der Waals surface area contributed by atoms with Crippen LogP contribution in [0.15, 0.2) is 77.7 Å². The first-order valence-corrected chi connectivity index (χ1v) is 11.5. The maximum atomic E-state index is 13.4. The molecule has 32 heavy (non-hydrogen) atoms. The van der Waals surface area contributed by atoms with Crippen molar-refractivity contribution in [3.63, 3.8) is 0 Å². The SMILES string of the molecule is COc1cccc(NC(=O)CN(Cc2ccccc2)S(=O)(=O)c2ccc(OC)c(Cl)c2)c1. The summed E-state index contributed by atoms with van der Waals surface area (Å²) < 4.78 is 38.2. The molecule has 0 aromatic heterocycles. The summed E-state index contributed by atoms with van der Waals surface area (Å²) in [5.74, 6) is 0.442. The molecule has 3 rings (SSSR count). The Morgan fingerprint density at radius 3 is 2.38 bits per heavy atom. The molecule has 0 saturated heterocycles. The highest BCUT2D eigenvalue weighted by atomic mass is 35.5. The molecule has 3 aromatic rings. The molecule has 0 unspecified atom stereocenters. The minimum absolute atomic E-state index is 0.0123. The van der Waals surface area contributed by atoms with Crippen molar-refractivity contribution in [2.75, 3.05) is 26.1 Å². The van der Waals surface area contributed by atoms with Crippen LogP contribution in [0.5, 0.6) is 11.5 Å². The molecule has 1 N–H and O–H groups in total. The van der Waals surface area contributed by atoms with Gasteiger partial charge in [-0.1, -0.05) is 48.0 Å². The van der Waals surface area contributed by atoms with Gasteiger partial charge in [-0.3, -0.25) is 4.79 Å². The number of carbonyl (C=O) groups excluding carboxylic acids is 1. The monoisotopic (exact) mass is 474 g/mol. The summed E-state index contributed by atoms with van der Waals surface area (Å²) in [6, 6.07) is 20.0. The molecule has 1 amide bonds. The summed E-state index contributed by atoms with van der Waals surface area (Å²) in [5, 5.41) is 2.88. The third kappa shape index (κ3) is 5.79. The van der Waals surface area contributed by atoms with Gasteiger partial charge in [0.05, 0.1) is 30.7 Å². The van der Waals surface area contributed by atoms with E-state index in [4.69, 9.17) is 21.1 Å². The Kier molecular flexibility index (Phi) is 7.74. The van der Waals surface area contributed by atoms with Crippen molar-refractivity contribution in [1.29, 1.82) is 0 Å². The summed E-state index contributed by atoms with van der Waals surface area (Å²) in [7, 11) is -1.07. The number of benzene rings is 3. The fourth-order valence-corrected chi connectivity index (χ4v) is 4.76. The fourth-order valence-electron chi connectivity index (χ4n) is 3.03. The molecule has 168 valence electrons. The highest BCUT2D eigenvalue weighted by molar-refractivity contribution is 7.89. The molecule has 0 bridgehead atoms. The van der Waals surface area contributed by atoms with Gasteiger partial charge in [0.1, 0.15) is 11.5 Å². The first kappa shape index (κ1) is 23.6. The number of anilines is 1. The van der Waals surface area contributed by atoms with E-state index in [1.807, 2.05) is 6.07 Å². The number of sulfonamides is 1. The normalized spacial score (nSPS) is 11.2. The van der Waals surface area contributed by atoms with Gasteiger partial charge in [-0.2, -0.15) is 4.31 Å². The third-order valence-corrected chi connectivity index (χ3v) is 6.72. The van der Waals surface area contributed by atoms with Crippen molar-refractivity contribution in [3.05, 3.63) is 83.4 Å². The number of methoxy groups -OCH3 is 2. The van der Waals surface area contributed by atoms with Gasteiger partial charge >= 0.3 is 0 Å². The number of halogens is 1. The second-order valence-corrected chi connectivity index (χ2v) is 9.18. The zero-order valence-electron chi connectivity index (χ0n) is 17.6. The van der Waals surface area contributed by atoms with E-state index >= 15 is 0 Å². The van der Waals surface area contributed by atoms with Gasteiger partial charge in [-0.25, -0.2) is 8.42 Å². The van der Waals surface area contributed by atoms with Gasteiger partial charge in [0.15, 0.2) is 0 Å². The Balaban J connectivity index is 1.88. The Morgan fingerprint density at radius 1 is 0.969 bits per heavy atom. The quantitative estimate of drug-likeness (QED) is 0.502. The van der Waals surface area contributed by atoms with E-state index in [0.717, 1.165) is 9.87 Å². The molecule has 0 aliphatic carbocycles. The minimum Gasteiger partial charge on any atom is -0.497 e. The topological polar surface area (TPSA) is 84.9 Å². The number of hydrogen-bond acceptors (Lipinski definition) is 5. The van der Waals surface area contributed by atoms with Crippen LogP contribution in [0.25, 0.3) is 0 Å². The van der Waals surface area contributed by atoms with Crippen LogP contribution in [0.2, 0.25) is 5.02 Å². The second-order valence-electron chi connectivity index (χ2n) is 6.84. The molecule has 9 heteroatoms. The van der Waals surface area contributed by atoms with Crippen LogP contribution in [0, 0.1) is 0 Å². The molecule has 0 saturated carbocycles. The average molecular weight is 475 g/mol. The van der Waals surface area contributed by atoms with Crippen LogP contribution in [-0.4, -0.2) is 39.4 Å². The number of ether oxygens (including phenoxy) is 2. The van der Waals surface area contributed by atoms with Crippen LogP contribution in [0.3, 0.4) is 0 Å². The first-order valence-electron chi connectivity index (χ1n) is 9.65. The molecule has 0 aliphatic rings. The van der Waals surface area contributed by atoms with E-state index in [9.17, 15) is 13.2 Å². The summed E-state index contributed by atoms with van der Waals surface area (Å²) >= 11 is 6.14. The molecular formula is C23H23ClN2O5S. The Bertz CT molecular complexity index is 1190. The molecule has 7 nitrogen and oxygen atoms in total. The first-order chi connectivity index (χ1) is 15.3. The van der Waals surface area contributed by atoms with E-state index in [0.29, 0.717) is 17.2 Å². The highest BCUT2D eigenvalue weighted by Gasteiger charge is 2.28. The smallest absolute Gasteiger partial charge is 0.243 e. The van der Waals surface area contributed by atoms with Gasteiger partial charge in [-0.05, 0) is 35.9 Å². The van der Waals surface area contributed by atoms with E-state index in [1.54, 1.807) is 48.5 Å². The lowest BCUT2D eigenvalue weighted by molar-refractivity contribution is -0.116. The average Bonchev–Trinajstić information content (AvgIpc) is 2.79. The number of carbonyl (C=O) groups is 1. The lowest BCUT2D eigenvalue weighted by Gasteiger charge is -2.22. The largest absolute Gasteiger partial charge is 0.497 e. The van der Waals surface area contributed by atoms with Gasteiger partial charge in [-0.15, -0.1) is 0 Å². The zero-order valence-corrected chi connectivity index (χ0v) is 19.2. The number of nitrogens with one attached hydrogen (secondary N) is 1. The van der Waals surface area contributed by atoms with E-state index in [1.165, 1.54) is 32.4 Å². The van der Waals surface area contributed by atoms with Crippen molar-refractivity contribution in [1.82, 2.24) is 4.31 Å². The van der Waals surface area contributed by atoms with Crippen LogP contribution in [0.4, 0.5) is 5.69 Å². The van der Waals surface area contributed by atoms with Crippen LogP contribution in [0.1, 0.15) is 5.56 Å². The maximum absolute atomic E-state index is 13.4. The predicted octanol–water partition coefficient (Wildman–Crippen LogP) is 4.19. The highest BCUT2D eigenvalue weighted by Crippen LogP contribution is 2.29. The summed E-state index contributed by atoms with van der Waals surface area (Å²) in [5.41, 5.74) is 1.24. The molecule has 0 spiro atoms. The second kappa shape index (κ2) is 10.5. The van der Waals surface area contributed by atoms with Gasteiger partial charge in [0.2, 0.25) is 15.9 Å². The molecule has 3 aromatic carbocycles. The number of hydrogen-bond donors (Lipinski definition) is 1. The van der Waals surface area contributed by atoms with Crippen molar-refractivity contribution < 1.29 is 22.7 Å². The molecule has 0 radical (unpaired) electrons. The van der Waals surface area contributed by atoms with Crippen LogP contribution >= 0.6 is 11.6 Å². The molecule has 0 atom stereocenters. The maximum Gasteiger partial charge on any atom is 0.243 e. The fraction of sp³-hybridized carbons (Fsp3) is 0.174. The van der Waals surface area contributed by atoms with Gasteiger partial charge < -0.3 is 14.8 Å². The summed E-state index contributed by atoms with van der Waals surface area (Å²) in [6.07, 6.45) is 0. The van der Waals surface area contributed by atoms with E-state index in [-0.39, 0.29) is 16.5 Å². The van der Waals surface area contributed by atoms with Crippen molar-refractivity contribution >= 4 is 33.2 Å². The van der Waals surface area contributed by atoms with Crippen molar-refractivity contribution in [2.45, 2.75) is 11.4 Å². The molecule has 0 heterocycles. The van der Waals surface area contributed by atoms with Crippen molar-refractivity contribution in [2.24, 2.45) is 0 Å². The number of amides is 1. The van der Waals surface area contributed by atoms with Gasteiger partial charge in [0, 0.05) is 18.3 Å². The third-order valence-electron chi connectivity index (χ3n) is 4.64. The van der Waals surface area contributed by atoms with E-state index in [2.05, 4.69) is 5.32 Å². The molecule has 0 aliphatic heterocycles. The summed E-state index contributed by atoms with van der Waals surface area (Å²) in [4.78, 5) is 12.7. The van der Waals surface area contributed by atoms with Crippen molar-refractivity contribution in [3.8, 4) is 11.5 Å². The molecule has 0 fully saturated rings. The Morgan fingerprint density at radius 2 is 1.72 bits per heavy atom. The predicted molar refractivity (Wildman–Crippen MR) is 124 cm³/mol. The van der Waals surface area contributed by atoms with Crippen LogP contribution < -0.4 is 14.8 Å². The lowest BCUT2D eigenvalue weighted by atomic mass is 10.2. The Hall–Kier alpha value is -3.07. The van der Waals surface area contributed by atoms with Crippen LogP contribution in [-0.2, 0) is 21.4 Å². The van der Waals surface area contributed by atoms with E-state index < -0.39 is 22.5 Å². The lowest BCUT2D eigenvalue weighted by Crippen LogP contribution is -2.37. The minimum atomic E-state index is -4.04. The molecular weight excluding hydrogens is 452 g/mol. The zero-order chi connectivity index (χ0) is 23.1. The standard InChI is InChI=1S/C23H23ClN2O5S/c1-30-19-10-6-9-18(13-19)25-23(27)16-26(15-17-7-4-3-5-8-17)32(28,29)20-11-12-22(31-2)21(24)14-20/h3-14H,15-16H2,1-2H3,(H,25,27). The number of rotatable bonds is 9. The number of nitrogens with zero attached hydrogens (tertiary/aromatic N) is 1.